The van der Waals surface area contributed by atoms with Gasteiger partial charge >= 0.3 is 12.0 Å². The monoisotopic (exact) mass is 309 g/mol. The highest BCUT2D eigenvalue weighted by Crippen LogP contribution is 2.09. The summed E-state index contributed by atoms with van der Waals surface area (Å²) in [6.07, 6.45) is 2.19. The summed E-state index contributed by atoms with van der Waals surface area (Å²) >= 11 is 1.19. The van der Waals surface area contributed by atoms with E-state index in [1.165, 1.54) is 16.7 Å². The lowest BCUT2D eigenvalue weighted by Crippen LogP contribution is -2.41. The smallest absolute Gasteiger partial charge is 0.355 e. The Morgan fingerprint density at radius 1 is 1.52 bits per heavy atom. The molecule has 3 N–H and O–H groups in total. The van der Waals surface area contributed by atoms with E-state index in [0.717, 1.165) is 5.76 Å². The molecule has 0 radical (unpaired) electrons. The minimum absolute atomic E-state index is 0.0107. The zero-order chi connectivity index (χ0) is 15.2. The first-order valence-electron chi connectivity index (χ1n) is 6.29. The minimum Gasteiger partial charge on any atom is -0.476 e. The summed E-state index contributed by atoms with van der Waals surface area (Å²) in [5, 5.41) is 16.1. The largest absolute Gasteiger partial charge is 0.476 e. The van der Waals surface area contributed by atoms with Crippen molar-refractivity contribution < 1.29 is 19.1 Å². The molecule has 1 unspecified atom stereocenters. The topological polar surface area (TPSA) is 104 Å². The fourth-order valence-electron chi connectivity index (χ4n) is 1.70. The Kier molecular flexibility index (Phi) is 4.94. The molecule has 21 heavy (non-hydrogen) atoms. The standard InChI is InChI=1S/C13H15N3O4S/c1-8(5-9-3-2-4-20-9)15-13(19)14-6-11-16-10(7-21-11)12(17)18/h2-4,7-8H,5-6H2,1H3,(H,17,18)(H2,14,15,19). The van der Waals surface area contributed by atoms with E-state index in [4.69, 9.17) is 9.52 Å². The van der Waals surface area contributed by atoms with Crippen LogP contribution in [-0.2, 0) is 13.0 Å². The average molecular weight is 309 g/mol. The van der Waals surface area contributed by atoms with Crippen molar-refractivity contribution in [2.75, 3.05) is 0 Å². The second-order valence-electron chi connectivity index (χ2n) is 4.44. The molecule has 2 aromatic heterocycles. The zero-order valence-corrected chi connectivity index (χ0v) is 12.1. The van der Waals surface area contributed by atoms with Crippen LogP contribution in [0, 0.1) is 0 Å². The lowest BCUT2D eigenvalue weighted by atomic mass is 10.2. The summed E-state index contributed by atoms with van der Waals surface area (Å²) in [6.45, 7) is 2.06. The number of urea groups is 1. The minimum atomic E-state index is -1.07. The number of carboxylic acids is 1. The van der Waals surface area contributed by atoms with Gasteiger partial charge in [0.05, 0.1) is 12.8 Å². The second-order valence-corrected chi connectivity index (χ2v) is 5.39. The van der Waals surface area contributed by atoms with Gasteiger partial charge in [0.25, 0.3) is 0 Å². The summed E-state index contributed by atoms with van der Waals surface area (Å²) in [6, 6.07) is 3.23. The summed E-state index contributed by atoms with van der Waals surface area (Å²) in [7, 11) is 0. The van der Waals surface area contributed by atoms with Crippen LogP contribution in [0.4, 0.5) is 4.79 Å². The van der Waals surface area contributed by atoms with Crippen molar-refractivity contribution in [3.05, 3.63) is 40.2 Å². The van der Waals surface area contributed by atoms with Gasteiger partial charge in [-0.2, -0.15) is 0 Å². The Hall–Kier alpha value is -2.35. The third-order valence-corrected chi connectivity index (χ3v) is 3.48. The Morgan fingerprint density at radius 2 is 2.33 bits per heavy atom. The molecule has 2 heterocycles. The summed E-state index contributed by atoms with van der Waals surface area (Å²) in [5.74, 6) is -0.275. The van der Waals surface area contributed by atoms with Crippen molar-refractivity contribution in [1.82, 2.24) is 15.6 Å². The maximum absolute atomic E-state index is 11.7. The first-order valence-corrected chi connectivity index (χ1v) is 7.17. The lowest BCUT2D eigenvalue weighted by Gasteiger charge is -2.12. The Labute approximate surface area is 125 Å². The highest BCUT2D eigenvalue weighted by Gasteiger charge is 2.11. The number of nitrogens with zero attached hydrogens (tertiary/aromatic N) is 1. The number of aromatic carboxylic acids is 1. The third kappa shape index (κ3) is 4.60. The maximum Gasteiger partial charge on any atom is 0.355 e. The number of carboxylic acid groups (broad SMARTS) is 1. The lowest BCUT2D eigenvalue weighted by molar-refractivity contribution is 0.0691. The van der Waals surface area contributed by atoms with Gasteiger partial charge < -0.3 is 20.2 Å². The predicted octanol–water partition coefficient (Wildman–Crippen LogP) is 1.86. The molecule has 2 rings (SSSR count). The van der Waals surface area contributed by atoms with E-state index in [1.807, 2.05) is 13.0 Å². The molecule has 2 amide bonds. The highest BCUT2D eigenvalue weighted by atomic mass is 32.1. The van der Waals surface area contributed by atoms with Crippen molar-refractivity contribution in [3.63, 3.8) is 0 Å². The second kappa shape index (κ2) is 6.89. The van der Waals surface area contributed by atoms with Crippen molar-refractivity contribution in [1.29, 1.82) is 0 Å². The van der Waals surface area contributed by atoms with Crippen LogP contribution in [0.25, 0.3) is 0 Å². The van der Waals surface area contributed by atoms with Crippen LogP contribution in [0.3, 0.4) is 0 Å². The average Bonchev–Trinajstić information content (AvgIpc) is 3.06. The van der Waals surface area contributed by atoms with E-state index in [-0.39, 0.29) is 24.3 Å². The molecule has 112 valence electrons. The molecule has 2 aromatic rings. The summed E-state index contributed by atoms with van der Waals surface area (Å²) in [4.78, 5) is 26.3. The molecule has 7 nitrogen and oxygen atoms in total. The number of furan rings is 1. The molecule has 1 atom stereocenters. The SMILES string of the molecule is CC(Cc1ccco1)NC(=O)NCc1nc(C(=O)O)cs1. The molecular formula is C13H15N3O4S. The third-order valence-electron chi connectivity index (χ3n) is 2.64. The molecule has 0 spiro atoms. The number of carbonyl (C=O) groups excluding carboxylic acids is 1. The number of hydrogen-bond donors (Lipinski definition) is 3. The quantitative estimate of drug-likeness (QED) is 0.755. The zero-order valence-electron chi connectivity index (χ0n) is 11.3. The molecule has 0 aliphatic heterocycles. The molecule has 0 saturated heterocycles. The summed E-state index contributed by atoms with van der Waals surface area (Å²) < 4.78 is 5.20. The first kappa shape index (κ1) is 15.0. The van der Waals surface area contributed by atoms with Gasteiger partial charge in [-0.25, -0.2) is 14.6 Å². The van der Waals surface area contributed by atoms with E-state index >= 15 is 0 Å². The van der Waals surface area contributed by atoms with Gasteiger partial charge in [0.1, 0.15) is 10.8 Å². The van der Waals surface area contributed by atoms with Crippen molar-refractivity contribution in [2.24, 2.45) is 0 Å². The Bertz CT molecular complexity index is 609. The Morgan fingerprint density at radius 3 is 2.95 bits per heavy atom. The van der Waals surface area contributed by atoms with E-state index < -0.39 is 5.97 Å². The van der Waals surface area contributed by atoms with Gasteiger partial charge in [-0.05, 0) is 19.1 Å². The van der Waals surface area contributed by atoms with Crippen LogP contribution >= 0.6 is 11.3 Å². The van der Waals surface area contributed by atoms with Crippen LogP contribution in [0.5, 0.6) is 0 Å². The number of rotatable bonds is 6. The number of hydrogen-bond acceptors (Lipinski definition) is 5. The Balaban J connectivity index is 1.75. The number of thiazole rings is 1. The van der Waals surface area contributed by atoms with Gasteiger partial charge in [-0.1, -0.05) is 0 Å². The molecule has 8 heteroatoms. The predicted molar refractivity (Wildman–Crippen MR) is 76.3 cm³/mol. The van der Waals surface area contributed by atoms with E-state index in [9.17, 15) is 9.59 Å². The van der Waals surface area contributed by atoms with Crippen LogP contribution in [0.1, 0.15) is 28.2 Å². The maximum atomic E-state index is 11.7. The van der Waals surface area contributed by atoms with Gasteiger partial charge in [-0.3, -0.25) is 0 Å². The van der Waals surface area contributed by atoms with Crippen LogP contribution in [-0.4, -0.2) is 28.1 Å². The molecule has 0 aliphatic carbocycles. The molecule has 0 aromatic carbocycles. The summed E-state index contributed by atoms with van der Waals surface area (Å²) in [5.41, 5.74) is -0.0107. The van der Waals surface area contributed by atoms with E-state index in [0.29, 0.717) is 11.4 Å². The van der Waals surface area contributed by atoms with Gasteiger partial charge in [0.15, 0.2) is 5.69 Å². The first-order chi connectivity index (χ1) is 10.0. The molecular weight excluding hydrogens is 294 g/mol. The number of amides is 2. The van der Waals surface area contributed by atoms with Crippen LogP contribution < -0.4 is 10.6 Å². The number of nitrogens with one attached hydrogen (secondary N) is 2. The van der Waals surface area contributed by atoms with Crippen molar-refractivity contribution >= 4 is 23.3 Å². The molecule has 0 saturated carbocycles. The number of carbonyl (C=O) groups is 2. The normalized spacial score (nSPS) is 11.9. The van der Waals surface area contributed by atoms with E-state index in [2.05, 4.69) is 15.6 Å². The fraction of sp³-hybridized carbons (Fsp3) is 0.308. The highest BCUT2D eigenvalue weighted by molar-refractivity contribution is 7.09. The number of aromatic nitrogens is 1. The van der Waals surface area contributed by atoms with Gasteiger partial charge in [0, 0.05) is 17.8 Å². The van der Waals surface area contributed by atoms with Crippen LogP contribution in [0.2, 0.25) is 0 Å². The van der Waals surface area contributed by atoms with Gasteiger partial charge in [-0.15, -0.1) is 11.3 Å². The van der Waals surface area contributed by atoms with Crippen molar-refractivity contribution in [3.8, 4) is 0 Å². The van der Waals surface area contributed by atoms with Crippen molar-refractivity contribution in [2.45, 2.75) is 25.9 Å². The van der Waals surface area contributed by atoms with Crippen LogP contribution in [0.15, 0.2) is 28.2 Å². The molecule has 0 bridgehead atoms. The molecule has 0 aliphatic rings. The van der Waals surface area contributed by atoms with Gasteiger partial charge in [0.2, 0.25) is 0 Å². The van der Waals surface area contributed by atoms with E-state index in [1.54, 1.807) is 12.3 Å². The molecule has 0 fully saturated rings. The fourth-order valence-corrected chi connectivity index (χ4v) is 2.41.